The summed E-state index contributed by atoms with van der Waals surface area (Å²) in [6, 6.07) is 13.6. The van der Waals surface area contributed by atoms with E-state index in [9.17, 15) is 15.2 Å². The lowest BCUT2D eigenvalue weighted by Gasteiger charge is -2.24. The van der Waals surface area contributed by atoms with Crippen LogP contribution in [0.25, 0.3) is 0 Å². The van der Waals surface area contributed by atoms with E-state index in [1.165, 1.54) is 31.4 Å². The normalized spacial score (nSPS) is 11.0. The van der Waals surface area contributed by atoms with Gasteiger partial charge < -0.3 is 10.0 Å². The Morgan fingerprint density at radius 3 is 2.04 bits per heavy atom. The molecule has 27 heavy (non-hydrogen) atoms. The van der Waals surface area contributed by atoms with E-state index < -0.39 is 4.92 Å². The molecule has 0 aromatic heterocycles. The number of anilines is 1. The van der Waals surface area contributed by atoms with Gasteiger partial charge in [0.1, 0.15) is 0 Å². The highest BCUT2D eigenvalue weighted by Gasteiger charge is 2.06. The van der Waals surface area contributed by atoms with E-state index in [4.69, 9.17) is 0 Å². The van der Waals surface area contributed by atoms with Crippen LogP contribution in [0.5, 0.6) is 0 Å². The number of nitro benzene ring substituents is 1. The number of hydrogen-bond acceptors (Lipinski definition) is 6. The molecule has 2 aromatic rings. The highest BCUT2D eigenvalue weighted by Crippen LogP contribution is 2.24. The lowest BCUT2D eigenvalue weighted by Crippen LogP contribution is -2.27. The third kappa shape index (κ3) is 6.79. The number of nitro groups is 1. The van der Waals surface area contributed by atoms with Gasteiger partial charge in [-0.1, -0.05) is 26.2 Å². The second-order valence-corrected chi connectivity index (χ2v) is 6.26. The quantitative estimate of drug-likeness (QED) is 0.248. The Labute approximate surface area is 159 Å². The summed E-state index contributed by atoms with van der Waals surface area (Å²) < 4.78 is 0. The van der Waals surface area contributed by atoms with E-state index in [0.717, 1.165) is 18.7 Å². The molecule has 0 atom stereocenters. The van der Waals surface area contributed by atoms with Gasteiger partial charge >= 0.3 is 0 Å². The van der Waals surface area contributed by atoms with Crippen LogP contribution >= 0.6 is 0 Å². The van der Waals surface area contributed by atoms with Crippen molar-refractivity contribution in [1.82, 2.24) is 0 Å². The van der Waals surface area contributed by atoms with Gasteiger partial charge in [-0.3, -0.25) is 10.1 Å². The summed E-state index contributed by atoms with van der Waals surface area (Å²) >= 11 is 0. The van der Waals surface area contributed by atoms with Crippen molar-refractivity contribution in [2.24, 2.45) is 10.2 Å². The van der Waals surface area contributed by atoms with Crippen LogP contribution in [0.4, 0.5) is 22.7 Å². The number of aliphatic hydroxyl groups is 1. The lowest BCUT2D eigenvalue weighted by atomic mass is 10.2. The van der Waals surface area contributed by atoms with E-state index in [0.29, 0.717) is 17.9 Å². The van der Waals surface area contributed by atoms with E-state index in [-0.39, 0.29) is 12.3 Å². The fourth-order valence-electron chi connectivity index (χ4n) is 2.71. The molecular formula is C20H26N4O3. The number of rotatable bonds is 11. The Hall–Kier alpha value is -2.80. The van der Waals surface area contributed by atoms with E-state index in [1.54, 1.807) is 12.1 Å². The van der Waals surface area contributed by atoms with Crippen molar-refractivity contribution in [3.05, 3.63) is 58.6 Å². The molecule has 0 heterocycles. The third-order valence-electron chi connectivity index (χ3n) is 4.21. The van der Waals surface area contributed by atoms with Crippen molar-refractivity contribution >= 4 is 22.7 Å². The Morgan fingerprint density at radius 2 is 1.52 bits per heavy atom. The lowest BCUT2D eigenvalue weighted by molar-refractivity contribution is -0.384. The van der Waals surface area contributed by atoms with Gasteiger partial charge in [0.25, 0.3) is 5.69 Å². The Balaban J connectivity index is 1.98. The van der Waals surface area contributed by atoms with E-state index >= 15 is 0 Å². The molecular weight excluding hydrogens is 344 g/mol. The van der Waals surface area contributed by atoms with E-state index in [1.807, 2.05) is 24.3 Å². The van der Waals surface area contributed by atoms with Crippen molar-refractivity contribution in [3.63, 3.8) is 0 Å². The van der Waals surface area contributed by atoms with Gasteiger partial charge in [-0.05, 0) is 42.8 Å². The zero-order valence-electron chi connectivity index (χ0n) is 15.6. The van der Waals surface area contributed by atoms with Crippen molar-refractivity contribution in [2.45, 2.75) is 32.6 Å². The first-order valence-electron chi connectivity index (χ1n) is 9.26. The van der Waals surface area contributed by atoms with Crippen LogP contribution in [0.2, 0.25) is 0 Å². The summed E-state index contributed by atoms with van der Waals surface area (Å²) in [5.41, 5.74) is 2.34. The molecule has 2 aromatic carbocycles. The molecule has 0 bridgehead atoms. The van der Waals surface area contributed by atoms with Crippen molar-refractivity contribution < 1.29 is 10.0 Å². The number of azo groups is 1. The SMILES string of the molecule is CCCCCCN(CCO)c1ccc(/N=N/c2ccc([N+](=O)[O-])cc2)cc1. The van der Waals surface area contributed by atoms with Crippen molar-refractivity contribution in [1.29, 1.82) is 0 Å². The molecule has 0 saturated carbocycles. The van der Waals surface area contributed by atoms with Gasteiger partial charge in [0.05, 0.1) is 22.9 Å². The molecule has 0 aliphatic heterocycles. The number of benzene rings is 2. The summed E-state index contributed by atoms with van der Waals surface area (Å²) in [7, 11) is 0. The summed E-state index contributed by atoms with van der Waals surface area (Å²) in [6.07, 6.45) is 4.73. The minimum absolute atomic E-state index is 0.0289. The van der Waals surface area contributed by atoms with Crippen molar-refractivity contribution in [2.75, 3.05) is 24.6 Å². The van der Waals surface area contributed by atoms with Gasteiger partial charge in [0, 0.05) is 30.9 Å². The van der Waals surface area contributed by atoms with Gasteiger partial charge in [-0.25, -0.2) is 0 Å². The Morgan fingerprint density at radius 1 is 0.926 bits per heavy atom. The average Bonchev–Trinajstić information content (AvgIpc) is 2.69. The van der Waals surface area contributed by atoms with Gasteiger partial charge in [-0.2, -0.15) is 10.2 Å². The summed E-state index contributed by atoms with van der Waals surface area (Å²) in [6.45, 7) is 3.84. The maximum Gasteiger partial charge on any atom is 0.269 e. The van der Waals surface area contributed by atoms with Gasteiger partial charge in [-0.15, -0.1) is 0 Å². The van der Waals surface area contributed by atoms with Crippen LogP contribution in [0.3, 0.4) is 0 Å². The fraction of sp³-hybridized carbons (Fsp3) is 0.400. The van der Waals surface area contributed by atoms with Crippen LogP contribution in [-0.2, 0) is 0 Å². The Kier molecular flexibility index (Phi) is 8.38. The second-order valence-electron chi connectivity index (χ2n) is 6.26. The van der Waals surface area contributed by atoms with Crippen LogP contribution in [0.1, 0.15) is 32.6 Å². The standard InChI is InChI=1S/C20H26N4O3/c1-2-3-4-5-14-23(15-16-25)19-10-6-17(7-11-19)21-22-18-8-12-20(13-9-18)24(26)27/h6-13,25H,2-5,14-16H2,1H3/b22-21+. The molecule has 2 rings (SSSR count). The maximum absolute atomic E-state index is 10.7. The number of non-ortho nitro benzene ring substituents is 1. The summed E-state index contributed by atoms with van der Waals surface area (Å²) in [5, 5.41) is 28.2. The zero-order valence-corrected chi connectivity index (χ0v) is 15.6. The van der Waals surface area contributed by atoms with Crippen LogP contribution in [0.15, 0.2) is 58.8 Å². The molecule has 7 nitrogen and oxygen atoms in total. The molecule has 0 fully saturated rings. The zero-order chi connectivity index (χ0) is 19.5. The van der Waals surface area contributed by atoms with Crippen molar-refractivity contribution in [3.8, 4) is 0 Å². The molecule has 0 radical (unpaired) electrons. The molecule has 144 valence electrons. The smallest absolute Gasteiger partial charge is 0.269 e. The minimum atomic E-state index is -0.444. The highest BCUT2D eigenvalue weighted by atomic mass is 16.6. The highest BCUT2D eigenvalue weighted by molar-refractivity contribution is 5.53. The monoisotopic (exact) mass is 370 g/mol. The fourth-order valence-corrected chi connectivity index (χ4v) is 2.71. The number of unbranched alkanes of at least 4 members (excludes halogenated alkanes) is 3. The van der Waals surface area contributed by atoms with E-state index in [2.05, 4.69) is 22.1 Å². The average molecular weight is 370 g/mol. The maximum atomic E-state index is 10.7. The molecule has 7 heteroatoms. The first kappa shape index (κ1) is 20.5. The van der Waals surface area contributed by atoms with Gasteiger partial charge in [0.2, 0.25) is 0 Å². The second kappa shape index (κ2) is 11.0. The summed E-state index contributed by atoms with van der Waals surface area (Å²) in [5.74, 6) is 0. The number of nitrogens with zero attached hydrogens (tertiary/aromatic N) is 4. The number of hydrogen-bond donors (Lipinski definition) is 1. The van der Waals surface area contributed by atoms with Gasteiger partial charge in [0.15, 0.2) is 0 Å². The van der Waals surface area contributed by atoms with Crippen LogP contribution in [-0.4, -0.2) is 29.7 Å². The molecule has 0 amide bonds. The first-order chi connectivity index (χ1) is 13.1. The summed E-state index contributed by atoms with van der Waals surface area (Å²) in [4.78, 5) is 12.4. The predicted octanol–water partition coefficient (Wildman–Crippen LogP) is 5.39. The largest absolute Gasteiger partial charge is 0.395 e. The van der Waals surface area contributed by atoms with Crippen LogP contribution < -0.4 is 4.90 Å². The molecule has 1 N–H and O–H groups in total. The minimum Gasteiger partial charge on any atom is -0.395 e. The van der Waals surface area contributed by atoms with Crippen LogP contribution in [0, 0.1) is 10.1 Å². The molecule has 0 spiro atoms. The molecule has 0 aliphatic rings. The molecule has 0 aliphatic carbocycles. The topological polar surface area (TPSA) is 91.3 Å². The molecule has 0 unspecified atom stereocenters. The number of aliphatic hydroxyl groups excluding tert-OH is 1. The first-order valence-corrected chi connectivity index (χ1v) is 9.26. The Bertz CT molecular complexity index is 730. The predicted molar refractivity (Wildman–Crippen MR) is 107 cm³/mol. The molecule has 0 saturated heterocycles. The third-order valence-corrected chi connectivity index (χ3v) is 4.21.